The number of nitrogens with one attached hydrogen (secondary N) is 1. The number of nitro benzene ring substituents is 1. The predicted molar refractivity (Wildman–Crippen MR) is 116 cm³/mol. The Morgan fingerprint density at radius 2 is 2.06 bits per heavy atom. The molecule has 4 rings (SSSR count). The number of pyridine rings is 1. The molecule has 2 saturated heterocycles. The number of fused-ring (bicyclic) bond motifs is 1. The molecule has 0 saturated carbocycles. The molecule has 1 aromatic heterocycles. The zero-order chi connectivity index (χ0) is 22.9. The summed E-state index contributed by atoms with van der Waals surface area (Å²) in [6.07, 6.45) is 6.50. The van der Waals surface area contributed by atoms with E-state index in [4.69, 9.17) is 0 Å². The van der Waals surface area contributed by atoms with E-state index in [1.165, 1.54) is 40.9 Å². The van der Waals surface area contributed by atoms with Gasteiger partial charge in [-0.25, -0.2) is 0 Å². The Morgan fingerprint density at radius 1 is 1.31 bits per heavy atom. The van der Waals surface area contributed by atoms with E-state index in [1.807, 2.05) is 0 Å². The summed E-state index contributed by atoms with van der Waals surface area (Å²) < 4.78 is 0. The number of benzene rings is 1. The van der Waals surface area contributed by atoms with Gasteiger partial charge < -0.3 is 15.3 Å². The van der Waals surface area contributed by atoms with Gasteiger partial charge in [0.2, 0.25) is 5.91 Å². The van der Waals surface area contributed by atoms with E-state index in [0.29, 0.717) is 0 Å². The fourth-order valence-electron chi connectivity index (χ4n) is 3.59. The topological polar surface area (TPSA) is 143 Å². The van der Waals surface area contributed by atoms with Crippen LogP contribution in [-0.2, 0) is 9.59 Å². The van der Waals surface area contributed by atoms with Gasteiger partial charge in [0, 0.05) is 42.4 Å². The maximum atomic E-state index is 12.7. The van der Waals surface area contributed by atoms with Crippen molar-refractivity contribution in [2.75, 3.05) is 12.3 Å². The number of aliphatic carboxylic acids is 1. The summed E-state index contributed by atoms with van der Waals surface area (Å²) in [4.78, 5) is 52.8. The number of nitro groups is 1. The SMILES string of the molecule is O=C(NC1C(=O)N2CC(C=Cc3cccnc3)(C(=O)O)CS[C@H]12)c1ccc([N+](=O)[O-])cc1. The maximum absolute atomic E-state index is 12.7. The minimum atomic E-state index is -1.25. The average molecular weight is 454 g/mol. The molecule has 11 heteroatoms. The van der Waals surface area contributed by atoms with Crippen molar-refractivity contribution in [1.82, 2.24) is 15.2 Å². The minimum absolute atomic E-state index is 0.000498. The molecule has 2 aliphatic heterocycles. The van der Waals surface area contributed by atoms with E-state index in [9.17, 15) is 29.6 Å². The summed E-state index contributed by atoms with van der Waals surface area (Å²) in [6.45, 7) is -0.000498. The molecule has 164 valence electrons. The molecule has 2 unspecified atom stereocenters. The van der Waals surface area contributed by atoms with E-state index in [1.54, 1.807) is 36.7 Å². The molecule has 2 aromatic rings. The van der Waals surface area contributed by atoms with Gasteiger partial charge in [0.05, 0.1) is 4.92 Å². The number of hydrogen-bond donors (Lipinski definition) is 2. The third-order valence-electron chi connectivity index (χ3n) is 5.44. The van der Waals surface area contributed by atoms with E-state index in [2.05, 4.69) is 10.3 Å². The number of hydrogen-bond acceptors (Lipinski definition) is 7. The molecule has 10 nitrogen and oxygen atoms in total. The van der Waals surface area contributed by atoms with Crippen molar-refractivity contribution < 1.29 is 24.4 Å². The molecule has 3 atom stereocenters. The Bertz CT molecular complexity index is 1110. The number of carbonyl (C=O) groups is 3. The number of rotatable bonds is 6. The molecule has 0 radical (unpaired) electrons. The fraction of sp³-hybridized carbons (Fsp3) is 0.238. The number of β-lactam (4-membered cyclic amide) rings is 1. The lowest BCUT2D eigenvalue weighted by atomic mass is 9.86. The number of thioether (sulfide) groups is 1. The van der Waals surface area contributed by atoms with Gasteiger partial charge in [-0.3, -0.25) is 29.5 Å². The van der Waals surface area contributed by atoms with Crippen LogP contribution >= 0.6 is 11.8 Å². The van der Waals surface area contributed by atoms with Crippen LogP contribution in [0.15, 0.2) is 54.9 Å². The number of aromatic nitrogens is 1. The third kappa shape index (κ3) is 3.94. The normalized spacial score (nSPS) is 24.5. The van der Waals surface area contributed by atoms with Crippen molar-refractivity contribution in [3.63, 3.8) is 0 Å². The highest BCUT2D eigenvalue weighted by molar-refractivity contribution is 8.00. The predicted octanol–water partition coefficient (Wildman–Crippen LogP) is 1.79. The first kappa shape index (κ1) is 21.5. The number of nitrogens with zero attached hydrogens (tertiary/aromatic N) is 3. The van der Waals surface area contributed by atoms with Crippen molar-refractivity contribution >= 4 is 41.3 Å². The zero-order valence-corrected chi connectivity index (χ0v) is 17.4. The van der Waals surface area contributed by atoms with Crippen LogP contribution < -0.4 is 5.32 Å². The lowest BCUT2D eigenvalue weighted by Gasteiger charge is -2.53. The second-order valence-corrected chi connectivity index (χ2v) is 8.61. The van der Waals surface area contributed by atoms with Crippen molar-refractivity contribution in [3.05, 3.63) is 76.1 Å². The average Bonchev–Trinajstić information content (AvgIpc) is 2.81. The van der Waals surface area contributed by atoms with Gasteiger partial charge in [0.25, 0.3) is 11.6 Å². The van der Waals surface area contributed by atoms with Gasteiger partial charge in [-0.2, -0.15) is 0 Å². The van der Waals surface area contributed by atoms with Crippen LogP contribution in [0, 0.1) is 15.5 Å². The van der Waals surface area contributed by atoms with Crippen molar-refractivity contribution in [2.24, 2.45) is 5.41 Å². The van der Waals surface area contributed by atoms with Crippen LogP contribution in [0.3, 0.4) is 0 Å². The van der Waals surface area contributed by atoms with Gasteiger partial charge in [-0.05, 0) is 23.8 Å². The molecule has 3 heterocycles. The fourth-order valence-corrected chi connectivity index (χ4v) is 5.10. The molecule has 1 aromatic carbocycles. The quantitative estimate of drug-likeness (QED) is 0.382. The summed E-state index contributed by atoms with van der Waals surface area (Å²) in [7, 11) is 0. The van der Waals surface area contributed by atoms with E-state index >= 15 is 0 Å². The van der Waals surface area contributed by atoms with Gasteiger partial charge in [0.1, 0.15) is 16.8 Å². The van der Waals surface area contributed by atoms with Crippen LogP contribution in [0.2, 0.25) is 0 Å². The number of carbonyl (C=O) groups excluding carboxylic acids is 2. The van der Waals surface area contributed by atoms with E-state index in [0.717, 1.165) is 5.56 Å². The van der Waals surface area contributed by atoms with Gasteiger partial charge in [-0.15, -0.1) is 11.8 Å². The highest BCUT2D eigenvalue weighted by Gasteiger charge is 2.56. The molecule has 0 aliphatic carbocycles. The van der Waals surface area contributed by atoms with Crippen molar-refractivity contribution in [3.8, 4) is 0 Å². The minimum Gasteiger partial charge on any atom is -0.481 e. The Morgan fingerprint density at radius 3 is 2.69 bits per heavy atom. The first-order valence-corrected chi connectivity index (χ1v) is 10.7. The van der Waals surface area contributed by atoms with Gasteiger partial charge >= 0.3 is 5.97 Å². The number of carboxylic acid groups (broad SMARTS) is 1. The second-order valence-electron chi connectivity index (χ2n) is 7.50. The molecule has 0 bridgehead atoms. The van der Waals surface area contributed by atoms with Crippen molar-refractivity contribution in [1.29, 1.82) is 0 Å². The van der Waals surface area contributed by atoms with Crippen LogP contribution in [0.4, 0.5) is 5.69 Å². The Kier molecular flexibility index (Phi) is 5.66. The maximum Gasteiger partial charge on any atom is 0.316 e. The Hall–Kier alpha value is -3.73. The van der Waals surface area contributed by atoms with Crippen LogP contribution in [0.25, 0.3) is 6.08 Å². The van der Waals surface area contributed by atoms with Crippen LogP contribution in [-0.4, -0.2) is 61.4 Å². The Balaban J connectivity index is 1.43. The Labute approximate surface area is 186 Å². The highest BCUT2D eigenvalue weighted by atomic mass is 32.2. The first-order chi connectivity index (χ1) is 15.3. The van der Waals surface area contributed by atoms with Crippen LogP contribution in [0.1, 0.15) is 15.9 Å². The first-order valence-electron chi connectivity index (χ1n) is 9.61. The molecule has 0 spiro atoms. The number of non-ortho nitro benzene ring substituents is 1. The smallest absolute Gasteiger partial charge is 0.316 e. The van der Waals surface area contributed by atoms with Gasteiger partial charge in [-0.1, -0.05) is 18.2 Å². The molecule has 2 amide bonds. The molecule has 2 fully saturated rings. The monoisotopic (exact) mass is 454 g/mol. The van der Waals surface area contributed by atoms with Crippen LogP contribution in [0.5, 0.6) is 0 Å². The van der Waals surface area contributed by atoms with E-state index < -0.39 is 28.3 Å². The largest absolute Gasteiger partial charge is 0.481 e. The summed E-state index contributed by atoms with van der Waals surface area (Å²) in [6, 6.07) is 7.84. The molecule has 2 aliphatic rings. The molecular formula is C21H18N4O6S. The van der Waals surface area contributed by atoms with E-state index in [-0.39, 0.29) is 34.8 Å². The standard InChI is InChI=1S/C21H18N4O6S/c26-17(14-3-5-15(6-4-14)25(30)31)23-16-18(27)24-11-21(20(28)29,12-32-19(16)24)8-7-13-2-1-9-22-10-13/h1-10,16,19H,11-12H2,(H,23,26)(H,28,29)/t16?,19-,21?/m1/s1. The summed E-state index contributed by atoms with van der Waals surface area (Å²) in [5.74, 6) is -1.69. The molecule has 2 N–H and O–H groups in total. The lowest BCUT2D eigenvalue weighted by molar-refractivity contribution is -0.384. The number of amides is 2. The summed E-state index contributed by atoms with van der Waals surface area (Å²) >= 11 is 1.29. The molecule has 32 heavy (non-hydrogen) atoms. The van der Waals surface area contributed by atoms with Gasteiger partial charge in [0.15, 0.2) is 0 Å². The number of carboxylic acids is 1. The van der Waals surface area contributed by atoms with Crippen molar-refractivity contribution in [2.45, 2.75) is 11.4 Å². The highest BCUT2D eigenvalue weighted by Crippen LogP contribution is 2.43. The second kappa shape index (κ2) is 8.42. The summed E-state index contributed by atoms with van der Waals surface area (Å²) in [5, 5.41) is 22.9. The third-order valence-corrected chi connectivity index (χ3v) is 6.99. The summed E-state index contributed by atoms with van der Waals surface area (Å²) in [5.41, 5.74) is -0.440. The molecular weight excluding hydrogens is 436 g/mol. The zero-order valence-electron chi connectivity index (χ0n) is 16.6. The lowest BCUT2D eigenvalue weighted by Crippen LogP contribution is -2.73.